The van der Waals surface area contributed by atoms with Crippen molar-refractivity contribution in [2.75, 3.05) is 6.54 Å². The molecule has 0 bridgehead atoms. The van der Waals surface area contributed by atoms with Crippen LogP contribution in [0, 0.1) is 13.8 Å². The minimum Gasteiger partial charge on any atom is -0.457 e. The van der Waals surface area contributed by atoms with Crippen molar-refractivity contribution in [3.63, 3.8) is 0 Å². The summed E-state index contributed by atoms with van der Waals surface area (Å²) >= 11 is 6.17. The van der Waals surface area contributed by atoms with Crippen LogP contribution in [0.15, 0.2) is 47.3 Å². The Kier molecular flexibility index (Phi) is 4.88. The predicted octanol–water partition coefficient (Wildman–Crippen LogP) is 4.91. The molecule has 2 aromatic carbocycles. The average molecular weight is 343 g/mol. The summed E-state index contributed by atoms with van der Waals surface area (Å²) in [6.07, 6.45) is 3.83. The SMILES string of the molecule is Cc1c(Cl)ccc(Oc2cc(-c3cnco3)ccc2CCN)c1C. The van der Waals surface area contributed by atoms with Crippen molar-refractivity contribution in [3.05, 3.63) is 64.6 Å². The first-order valence-corrected chi connectivity index (χ1v) is 8.13. The molecule has 0 unspecified atom stereocenters. The Hall–Kier alpha value is -2.30. The Balaban J connectivity index is 2.02. The lowest BCUT2D eigenvalue weighted by atomic mass is 10.1. The molecule has 5 heteroatoms. The van der Waals surface area contributed by atoms with E-state index in [1.807, 2.05) is 44.2 Å². The normalized spacial score (nSPS) is 10.8. The van der Waals surface area contributed by atoms with E-state index in [1.165, 1.54) is 6.39 Å². The molecule has 3 aromatic rings. The van der Waals surface area contributed by atoms with Crippen molar-refractivity contribution in [3.8, 4) is 22.8 Å². The zero-order valence-electron chi connectivity index (χ0n) is 13.7. The topological polar surface area (TPSA) is 61.3 Å². The largest absolute Gasteiger partial charge is 0.457 e. The van der Waals surface area contributed by atoms with Gasteiger partial charge in [-0.2, -0.15) is 0 Å². The first kappa shape index (κ1) is 16.6. The summed E-state index contributed by atoms with van der Waals surface area (Å²) < 4.78 is 11.6. The molecule has 124 valence electrons. The summed E-state index contributed by atoms with van der Waals surface area (Å²) in [5, 5.41) is 0.734. The van der Waals surface area contributed by atoms with Crippen LogP contribution in [0.1, 0.15) is 16.7 Å². The van der Waals surface area contributed by atoms with E-state index in [1.54, 1.807) is 6.20 Å². The summed E-state index contributed by atoms with van der Waals surface area (Å²) in [5.74, 6) is 2.24. The van der Waals surface area contributed by atoms with E-state index in [9.17, 15) is 0 Å². The Morgan fingerprint density at radius 2 is 1.96 bits per heavy atom. The van der Waals surface area contributed by atoms with Gasteiger partial charge < -0.3 is 14.9 Å². The molecule has 1 heterocycles. The van der Waals surface area contributed by atoms with Crippen molar-refractivity contribution in [1.82, 2.24) is 4.98 Å². The molecule has 0 fully saturated rings. The van der Waals surface area contributed by atoms with Crippen LogP contribution in [-0.4, -0.2) is 11.5 Å². The molecule has 0 aliphatic carbocycles. The van der Waals surface area contributed by atoms with E-state index in [0.29, 0.717) is 12.3 Å². The number of halogens is 1. The van der Waals surface area contributed by atoms with Crippen LogP contribution in [0.2, 0.25) is 5.02 Å². The quantitative estimate of drug-likeness (QED) is 0.716. The highest BCUT2D eigenvalue weighted by Gasteiger charge is 2.12. The highest BCUT2D eigenvalue weighted by Crippen LogP contribution is 2.34. The van der Waals surface area contributed by atoms with Gasteiger partial charge >= 0.3 is 0 Å². The second-order valence-corrected chi connectivity index (χ2v) is 6.03. The van der Waals surface area contributed by atoms with E-state index in [0.717, 1.165) is 45.2 Å². The number of ether oxygens (including phenoxy) is 1. The van der Waals surface area contributed by atoms with Crippen LogP contribution in [0.25, 0.3) is 11.3 Å². The molecule has 0 aliphatic heterocycles. The fourth-order valence-electron chi connectivity index (χ4n) is 2.52. The number of hydrogen-bond acceptors (Lipinski definition) is 4. The molecule has 0 aliphatic rings. The van der Waals surface area contributed by atoms with Crippen molar-refractivity contribution >= 4 is 11.6 Å². The van der Waals surface area contributed by atoms with E-state index in [-0.39, 0.29) is 0 Å². The van der Waals surface area contributed by atoms with Gasteiger partial charge in [-0.05, 0) is 61.7 Å². The lowest BCUT2D eigenvalue weighted by molar-refractivity contribution is 0.472. The lowest BCUT2D eigenvalue weighted by Crippen LogP contribution is -2.04. The van der Waals surface area contributed by atoms with Gasteiger partial charge in [0.2, 0.25) is 0 Å². The Labute approximate surface area is 146 Å². The lowest BCUT2D eigenvalue weighted by Gasteiger charge is -2.15. The molecule has 0 amide bonds. The van der Waals surface area contributed by atoms with Crippen molar-refractivity contribution in [1.29, 1.82) is 0 Å². The van der Waals surface area contributed by atoms with Gasteiger partial charge in [0.25, 0.3) is 0 Å². The van der Waals surface area contributed by atoms with Crippen LogP contribution >= 0.6 is 11.6 Å². The third kappa shape index (κ3) is 3.30. The zero-order chi connectivity index (χ0) is 17.1. The maximum atomic E-state index is 6.19. The van der Waals surface area contributed by atoms with Gasteiger partial charge in [-0.3, -0.25) is 0 Å². The van der Waals surface area contributed by atoms with E-state index in [4.69, 9.17) is 26.5 Å². The van der Waals surface area contributed by atoms with Crippen molar-refractivity contribution in [2.45, 2.75) is 20.3 Å². The molecule has 4 nitrogen and oxygen atoms in total. The smallest absolute Gasteiger partial charge is 0.181 e. The highest BCUT2D eigenvalue weighted by atomic mass is 35.5. The Bertz CT molecular complexity index is 845. The number of aromatic nitrogens is 1. The maximum absolute atomic E-state index is 6.19. The number of benzene rings is 2. The molecule has 24 heavy (non-hydrogen) atoms. The molecule has 0 saturated carbocycles. The van der Waals surface area contributed by atoms with Crippen LogP contribution in [0.3, 0.4) is 0 Å². The second-order valence-electron chi connectivity index (χ2n) is 5.62. The van der Waals surface area contributed by atoms with Crippen LogP contribution in [0.5, 0.6) is 11.5 Å². The number of hydrogen-bond donors (Lipinski definition) is 1. The fraction of sp³-hybridized carbons (Fsp3) is 0.211. The number of oxazole rings is 1. The van der Waals surface area contributed by atoms with Crippen molar-refractivity contribution < 1.29 is 9.15 Å². The number of nitrogens with two attached hydrogens (primary N) is 1. The number of rotatable bonds is 5. The molecule has 0 saturated heterocycles. The monoisotopic (exact) mass is 342 g/mol. The summed E-state index contributed by atoms with van der Waals surface area (Å²) in [5.41, 5.74) is 9.72. The Morgan fingerprint density at radius 1 is 1.12 bits per heavy atom. The average Bonchev–Trinajstić information content (AvgIpc) is 3.11. The first-order valence-electron chi connectivity index (χ1n) is 7.75. The minimum atomic E-state index is 0.552. The molecule has 0 atom stereocenters. The highest BCUT2D eigenvalue weighted by molar-refractivity contribution is 6.31. The molecular weight excluding hydrogens is 324 g/mol. The van der Waals surface area contributed by atoms with E-state index >= 15 is 0 Å². The Morgan fingerprint density at radius 3 is 2.67 bits per heavy atom. The van der Waals surface area contributed by atoms with Crippen LogP contribution in [-0.2, 0) is 6.42 Å². The minimum absolute atomic E-state index is 0.552. The van der Waals surface area contributed by atoms with Gasteiger partial charge in [0, 0.05) is 10.6 Å². The fourth-order valence-corrected chi connectivity index (χ4v) is 2.72. The van der Waals surface area contributed by atoms with E-state index in [2.05, 4.69) is 4.98 Å². The molecule has 1 aromatic heterocycles. The summed E-state index contributed by atoms with van der Waals surface area (Å²) in [6, 6.07) is 9.69. The molecule has 0 spiro atoms. The van der Waals surface area contributed by atoms with Gasteiger partial charge in [-0.25, -0.2) is 4.98 Å². The molecular formula is C19H19ClN2O2. The van der Waals surface area contributed by atoms with Gasteiger partial charge in [-0.15, -0.1) is 0 Å². The van der Waals surface area contributed by atoms with Gasteiger partial charge in [-0.1, -0.05) is 23.7 Å². The van der Waals surface area contributed by atoms with E-state index < -0.39 is 0 Å². The molecule has 0 radical (unpaired) electrons. The van der Waals surface area contributed by atoms with Crippen LogP contribution < -0.4 is 10.5 Å². The second kappa shape index (κ2) is 7.07. The third-order valence-electron chi connectivity index (χ3n) is 4.09. The van der Waals surface area contributed by atoms with Gasteiger partial charge in [0.15, 0.2) is 12.2 Å². The summed E-state index contributed by atoms with van der Waals surface area (Å²) in [4.78, 5) is 3.96. The van der Waals surface area contributed by atoms with Gasteiger partial charge in [0.05, 0.1) is 6.20 Å². The standard InChI is InChI=1S/C19H19ClN2O2/c1-12-13(2)17(6-5-16(12)20)24-18-9-15(19-10-22-11-23-19)4-3-14(18)7-8-21/h3-6,9-11H,7-8,21H2,1-2H3. The molecule has 2 N–H and O–H groups in total. The number of nitrogens with zero attached hydrogens (tertiary/aromatic N) is 1. The zero-order valence-corrected chi connectivity index (χ0v) is 14.4. The summed E-state index contributed by atoms with van der Waals surface area (Å²) in [6.45, 7) is 4.53. The maximum Gasteiger partial charge on any atom is 0.181 e. The third-order valence-corrected chi connectivity index (χ3v) is 4.50. The van der Waals surface area contributed by atoms with Gasteiger partial charge in [0.1, 0.15) is 11.5 Å². The predicted molar refractivity (Wildman–Crippen MR) is 95.7 cm³/mol. The molecule has 3 rings (SSSR count). The summed E-state index contributed by atoms with van der Waals surface area (Å²) in [7, 11) is 0. The van der Waals surface area contributed by atoms with Crippen molar-refractivity contribution in [2.24, 2.45) is 5.73 Å². The first-order chi connectivity index (χ1) is 11.6. The van der Waals surface area contributed by atoms with Crippen LogP contribution in [0.4, 0.5) is 0 Å².